The second kappa shape index (κ2) is 5.43. The fourth-order valence-corrected chi connectivity index (χ4v) is 2.22. The van der Waals surface area contributed by atoms with E-state index in [4.69, 9.17) is 4.74 Å². The third-order valence-electron chi connectivity index (χ3n) is 2.97. The maximum atomic E-state index is 12.8. The summed E-state index contributed by atoms with van der Waals surface area (Å²) in [6.45, 7) is 4.77. The lowest BCUT2D eigenvalue weighted by Gasteiger charge is -2.36. The molecule has 0 aliphatic carbocycles. The number of aromatic nitrogens is 2. The first-order valence-electron chi connectivity index (χ1n) is 6.34. The van der Waals surface area contributed by atoms with Crippen LogP contribution in [0.3, 0.4) is 0 Å². The van der Waals surface area contributed by atoms with Crippen LogP contribution in [0.4, 0.5) is 24.8 Å². The first-order chi connectivity index (χ1) is 9.29. The van der Waals surface area contributed by atoms with Crippen LogP contribution in [0.5, 0.6) is 0 Å². The van der Waals surface area contributed by atoms with Crippen LogP contribution in [0.15, 0.2) is 6.07 Å². The first-order valence-corrected chi connectivity index (χ1v) is 6.34. The Morgan fingerprint density at radius 2 is 1.85 bits per heavy atom. The largest absolute Gasteiger partial charge is 0.451 e. The van der Waals surface area contributed by atoms with Crippen LogP contribution in [-0.2, 0) is 10.9 Å². The second-order valence-electron chi connectivity index (χ2n) is 4.85. The Labute approximate surface area is 115 Å². The summed E-state index contributed by atoms with van der Waals surface area (Å²) >= 11 is 0. The van der Waals surface area contributed by atoms with E-state index in [9.17, 15) is 13.2 Å². The summed E-state index contributed by atoms with van der Waals surface area (Å²) in [4.78, 5) is 8.88. The predicted molar refractivity (Wildman–Crippen MR) is 68.8 cm³/mol. The normalized spacial score (nSPS) is 23.8. The highest BCUT2D eigenvalue weighted by Crippen LogP contribution is 2.30. The zero-order valence-electron chi connectivity index (χ0n) is 11.5. The SMILES string of the molecule is CNc1cc(N2C[C@@H](C)O[C@@H](C)C2)nc(C(F)(F)F)n1. The molecular formula is C12H17F3N4O. The Kier molecular flexibility index (Phi) is 4.03. The van der Waals surface area contributed by atoms with Crippen LogP contribution in [0.25, 0.3) is 0 Å². The van der Waals surface area contributed by atoms with Crippen molar-refractivity contribution in [3.63, 3.8) is 0 Å². The molecule has 0 amide bonds. The molecule has 0 bridgehead atoms. The summed E-state index contributed by atoms with van der Waals surface area (Å²) in [6, 6.07) is 1.51. The molecule has 2 atom stereocenters. The van der Waals surface area contributed by atoms with Gasteiger partial charge in [0.2, 0.25) is 5.82 Å². The van der Waals surface area contributed by atoms with E-state index < -0.39 is 12.0 Å². The molecule has 0 aromatic carbocycles. The number of hydrogen-bond donors (Lipinski definition) is 1. The molecule has 0 saturated carbocycles. The van der Waals surface area contributed by atoms with Crippen molar-refractivity contribution in [1.29, 1.82) is 0 Å². The summed E-state index contributed by atoms with van der Waals surface area (Å²) in [5.41, 5.74) is 0. The van der Waals surface area contributed by atoms with Gasteiger partial charge in [0.25, 0.3) is 0 Å². The minimum atomic E-state index is -4.56. The summed E-state index contributed by atoms with van der Waals surface area (Å²) < 4.78 is 44.0. The van der Waals surface area contributed by atoms with Gasteiger partial charge in [-0.1, -0.05) is 0 Å². The van der Waals surface area contributed by atoms with Gasteiger partial charge in [0.1, 0.15) is 11.6 Å². The van der Waals surface area contributed by atoms with E-state index in [0.717, 1.165) is 0 Å². The molecule has 0 radical (unpaired) electrons. The minimum absolute atomic E-state index is 0.0545. The average molecular weight is 290 g/mol. The molecule has 2 rings (SSSR count). The van der Waals surface area contributed by atoms with Crippen molar-refractivity contribution in [2.45, 2.75) is 32.2 Å². The van der Waals surface area contributed by atoms with Crippen LogP contribution < -0.4 is 10.2 Å². The van der Waals surface area contributed by atoms with Crippen molar-refractivity contribution in [1.82, 2.24) is 9.97 Å². The van der Waals surface area contributed by atoms with Crippen LogP contribution in [-0.4, -0.2) is 42.3 Å². The van der Waals surface area contributed by atoms with Gasteiger partial charge in [0.15, 0.2) is 0 Å². The topological polar surface area (TPSA) is 50.3 Å². The standard InChI is InChI=1S/C12H17F3N4O/c1-7-5-19(6-8(2)20-7)10-4-9(16-3)17-11(18-10)12(13,14)15/h4,7-8H,5-6H2,1-3H3,(H,16,17,18)/t7-,8+. The lowest BCUT2D eigenvalue weighted by Crippen LogP contribution is -2.46. The minimum Gasteiger partial charge on any atom is -0.373 e. The molecule has 1 aromatic rings. The molecule has 8 heteroatoms. The van der Waals surface area contributed by atoms with E-state index in [0.29, 0.717) is 13.1 Å². The van der Waals surface area contributed by atoms with Gasteiger partial charge >= 0.3 is 6.18 Å². The molecule has 0 unspecified atom stereocenters. The van der Waals surface area contributed by atoms with Gasteiger partial charge in [0.05, 0.1) is 12.2 Å². The van der Waals surface area contributed by atoms with E-state index in [1.54, 1.807) is 4.90 Å². The average Bonchev–Trinajstić information content (AvgIpc) is 2.36. The molecule has 1 saturated heterocycles. The van der Waals surface area contributed by atoms with Crippen molar-refractivity contribution in [3.8, 4) is 0 Å². The fraction of sp³-hybridized carbons (Fsp3) is 0.667. The quantitative estimate of drug-likeness (QED) is 0.904. The molecule has 112 valence electrons. The van der Waals surface area contributed by atoms with Gasteiger partial charge in [0, 0.05) is 26.2 Å². The monoisotopic (exact) mass is 290 g/mol. The van der Waals surface area contributed by atoms with E-state index in [-0.39, 0.29) is 23.8 Å². The maximum absolute atomic E-state index is 12.8. The number of nitrogens with one attached hydrogen (secondary N) is 1. The molecule has 0 spiro atoms. The summed E-state index contributed by atoms with van der Waals surface area (Å²) in [5, 5.41) is 2.63. The summed E-state index contributed by atoms with van der Waals surface area (Å²) in [5.74, 6) is -0.723. The Hall–Kier alpha value is -1.57. The van der Waals surface area contributed by atoms with Crippen molar-refractivity contribution < 1.29 is 17.9 Å². The predicted octanol–water partition coefficient (Wildman–Crippen LogP) is 2.15. The van der Waals surface area contributed by atoms with Crippen LogP contribution in [0.2, 0.25) is 0 Å². The Morgan fingerprint density at radius 3 is 2.35 bits per heavy atom. The van der Waals surface area contributed by atoms with E-state index in [1.807, 2.05) is 13.8 Å². The first kappa shape index (κ1) is 14.8. The Balaban J connectivity index is 2.35. The summed E-state index contributed by atoms with van der Waals surface area (Å²) in [6.07, 6.45) is -4.67. The van der Waals surface area contributed by atoms with Crippen molar-refractivity contribution in [3.05, 3.63) is 11.9 Å². The maximum Gasteiger partial charge on any atom is 0.451 e. The molecule has 2 heterocycles. The smallest absolute Gasteiger partial charge is 0.373 e. The molecule has 1 aliphatic rings. The highest BCUT2D eigenvalue weighted by atomic mass is 19.4. The molecule has 20 heavy (non-hydrogen) atoms. The number of hydrogen-bond acceptors (Lipinski definition) is 5. The van der Waals surface area contributed by atoms with Crippen LogP contribution in [0, 0.1) is 0 Å². The van der Waals surface area contributed by atoms with Gasteiger partial charge in [-0.3, -0.25) is 0 Å². The second-order valence-corrected chi connectivity index (χ2v) is 4.85. The van der Waals surface area contributed by atoms with E-state index in [2.05, 4.69) is 15.3 Å². The van der Waals surface area contributed by atoms with E-state index >= 15 is 0 Å². The Bertz CT molecular complexity index is 470. The highest BCUT2D eigenvalue weighted by molar-refractivity contribution is 5.50. The van der Waals surface area contributed by atoms with Crippen LogP contribution >= 0.6 is 0 Å². The number of morpholine rings is 1. The number of nitrogens with zero attached hydrogens (tertiary/aromatic N) is 3. The molecule has 1 aromatic heterocycles. The number of ether oxygens (including phenoxy) is 1. The molecule has 1 aliphatic heterocycles. The lowest BCUT2D eigenvalue weighted by atomic mass is 10.2. The summed E-state index contributed by atoms with van der Waals surface area (Å²) in [7, 11) is 1.52. The number of rotatable bonds is 2. The highest BCUT2D eigenvalue weighted by Gasteiger charge is 2.36. The zero-order valence-corrected chi connectivity index (χ0v) is 11.5. The number of alkyl halides is 3. The molecule has 5 nitrogen and oxygen atoms in total. The Morgan fingerprint density at radius 1 is 1.25 bits per heavy atom. The van der Waals surface area contributed by atoms with Gasteiger partial charge < -0.3 is 15.0 Å². The van der Waals surface area contributed by atoms with Gasteiger partial charge in [-0.2, -0.15) is 13.2 Å². The van der Waals surface area contributed by atoms with Gasteiger partial charge in [-0.05, 0) is 13.8 Å². The van der Waals surface area contributed by atoms with E-state index in [1.165, 1.54) is 13.1 Å². The van der Waals surface area contributed by atoms with Crippen molar-refractivity contribution in [2.24, 2.45) is 0 Å². The molecule has 1 N–H and O–H groups in total. The van der Waals surface area contributed by atoms with Crippen molar-refractivity contribution >= 4 is 11.6 Å². The number of halogens is 3. The lowest BCUT2D eigenvalue weighted by molar-refractivity contribution is -0.144. The fourth-order valence-electron chi connectivity index (χ4n) is 2.22. The molecular weight excluding hydrogens is 273 g/mol. The zero-order chi connectivity index (χ0) is 14.9. The third kappa shape index (κ3) is 3.30. The number of anilines is 2. The molecule has 1 fully saturated rings. The van der Waals surface area contributed by atoms with Gasteiger partial charge in [-0.25, -0.2) is 9.97 Å². The third-order valence-corrected chi connectivity index (χ3v) is 2.97. The van der Waals surface area contributed by atoms with Crippen LogP contribution in [0.1, 0.15) is 19.7 Å². The van der Waals surface area contributed by atoms with Gasteiger partial charge in [-0.15, -0.1) is 0 Å². The van der Waals surface area contributed by atoms with Crippen molar-refractivity contribution in [2.75, 3.05) is 30.4 Å².